The van der Waals surface area contributed by atoms with Crippen molar-refractivity contribution in [2.24, 2.45) is 0 Å². The molecule has 21 heavy (non-hydrogen) atoms. The lowest BCUT2D eigenvalue weighted by Gasteiger charge is -2.29. The molecule has 1 aromatic rings. The quantitative estimate of drug-likeness (QED) is 0.645. The Morgan fingerprint density at radius 2 is 1.86 bits per heavy atom. The molecule has 0 aliphatic rings. The number of hydrogen-bond acceptors (Lipinski definition) is 2. The molecule has 0 saturated heterocycles. The first-order valence-electron chi connectivity index (χ1n) is 6.53. The van der Waals surface area contributed by atoms with Crippen LogP contribution in [0.3, 0.4) is 0 Å². The van der Waals surface area contributed by atoms with E-state index in [1.54, 1.807) is 6.92 Å². The molecule has 0 saturated carbocycles. The van der Waals surface area contributed by atoms with Gasteiger partial charge < -0.3 is 4.55 Å². The van der Waals surface area contributed by atoms with Gasteiger partial charge in [-0.3, -0.25) is 0 Å². The summed E-state index contributed by atoms with van der Waals surface area (Å²) in [5.74, 6) is -1.32. The Balaban J connectivity index is 2.90. The van der Waals surface area contributed by atoms with E-state index in [0.717, 1.165) is 6.07 Å². The van der Waals surface area contributed by atoms with Crippen LogP contribution in [-0.2, 0) is 17.5 Å². The van der Waals surface area contributed by atoms with Crippen LogP contribution in [0.5, 0.6) is 0 Å². The standard InChI is InChI=1S/C14H19F4NOS/c1-5-13(3,4)21(20)19-9(2)10-6-7-11(12(15)8-10)14(16,17)18/h6-9,19H,5H2,1-4H3/t9-,21?/m0/s1. The summed E-state index contributed by atoms with van der Waals surface area (Å²) in [5, 5.41) is 0. The third-order valence-corrected chi connectivity index (χ3v) is 5.30. The fourth-order valence-corrected chi connectivity index (χ4v) is 2.59. The van der Waals surface area contributed by atoms with Crippen molar-refractivity contribution in [3.63, 3.8) is 0 Å². The Bertz CT molecular complexity index is 490. The maximum Gasteiger partial charge on any atom is 0.419 e. The molecular weight excluding hydrogens is 306 g/mol. The number of benzene rings is 1. The second-order valence-corrected chi connectivity index (χ2v) is 7.34. The third-order valence-electron chi connectivity index (χ3n) is 3.44. The van der Waals surface area contributed by atoms with E-state index in [4.69, 9.17) is 0 Å². The molecule has 0 spiro atoms. The molecule has 2 nitrogen and oxygen atoms in total. The minimum Gasteiger partial charge on any atom is -0.598 e. The molecule has 0 fully saturated rings. The summed E-state index contributed by atoms with van der Waals surface area (Å²) >= 11 is -1.38. The lowest BCUT2D eigenvalue weighted by molar-refractivity contribution is -0.140. The molecule has 0 amide bonds. The third kappa shape index (κ3) is 4.59. The summed E-state index contributed by atoms with van der Waals surface area (Å²) in [6, 6.07) is 2.21. The lowest BCUT2D eigenvalue weighted by atomic mass is 10.1. The summed E-state index contributed by atoms with van der Waals surface area (Å²) in [7, 11) is 0. The SMILES string of the molecule is CCC(C)(C)[S+]([O-])N[C@@H](C)c1ccc(C(F)(F)F)c(F)c1. The van der Waals surface area contributed by atoms with Crippen molar-refractivity contribution in [2.45, 2.75) is 51.1 Å². The zero-order chi connectivity index (χ0) is 16.4. The molecule has 1 rings (SSSR count). The van der Waals surface area contributed by atoms with Gasteiger partial charge in [-0.05, 0) is 44.9 Å². The van der Waals surface area contributed by atoms with E-state index in [-0.39, 0.29) is 0 Å². The summed E-state index contributed by atoms with van der Waals surface area (Å²) in [6.07, 6.45) is -4.05. The van der Waals surface area contributed by atoms with Crippen molar-refractivity contribution in [3.05, 3.63) is 35.1 Å². The predicted octanol–water partition coefficient (Wildman–Crippen LogP) is 4.35. The normalized spacial score (nSPS) is 15.9. The maximum atomic E-state index is 13.5. The van der Waals surface area contributed by atoms with Gasteiger partial charge in [-0.2, -0.15) is 13.2 Å². The van der Waals surface area contributed by atoms with E-state index in [0.29, 0.717) is 18.1 Å². The molecule has 1 N–H and O–H groups in total. The highest BCUT2D eigenvalue weighted by Gasteiger charge is 2.35. The molecule has 120 valence electrons. The van der Waals surface area contributed by atoms with Gasteiger partial charge in [0.15, 0.2) is 0 Å². The van der Waals surface area contributed by atoms with Gasteiger partial charge >= 0.3 is 6.18 Å². The minimum absolute atomic E-state index is 0.320. The van der Waals surface area contributed by atoms with Gasteiger partial charge in [-0.1, -0.05) is 13.0 Å². The van der Waals surface area contributed by atoms with E-state index >= 15 is 0 Å². The molecule has 0 aromatic heterocycles. The zero-order valence-electron chi connectivity index (χ0n) is 12.3. The van der Waals surface area contributed by atoms with Gasteiger partial charge in [0.1, 0.15) is 10.6 Å². The summed E-state index contributed by atoms with van der Waals surface area (Å²) in [5.41, 5.74) is -0.978. The highest BCUT2D eigenvalue weighted by atomic mass is 32.2. The number of nitrogens with one attached hydrogen (secondary N) is 1. The Labute approximate surface area is 125 Å². The second kappa shape index (κ2) is 6.54. The molecule has 1 unspecified atom stereocenters. The largest absolute Gasteiger partial charge is 0.598 e. The molecule has 1 aromatic carbocycles. The molecule has 0 aliphatic carbocycles. The number of hydrogen-bond donors (Lipinski definition) is 1. The lowest BCUT2D eigenvalue weighted by Crippen LogP contribution is -2.42. The average Bonchev–Trinajstić information content (AvgIpc) is 2.36. The van der Waals surface area contributed by atoms with Crippen molar-refractivity contribution in [2.75, 3.05) is 0 Å². The van der Waals surface area contributed by atoms with Crippen LogP contribution in [0, 0.1) is 5.82 Å². The second-order valence-electron chi connectivity index (χ2n) is 5.46. The molecular formula is C14H19F4NOS. The van der Waals surface area contributed by atoms with Crippen molar-refractivity contribution in [1.82, 2.24) is 4.72 Å². The van der Waals surface area contributed by atoms with Crippen molar-refractivity contribution >= 4 is 11.4 Å². The predicted molar refractivity (Wildman–Crippen MR) is 75.5 cm³/mol. The van der Waals surface area contributed by atoms with Crippen LogP contribution in [0.25, 0.3) is 0 Å². The van der Waals surface area contributed by atoms with Gasteiger partial charge in [0.05, 0.1) is 11.6 Å². The summed E-state index contributed by atoms with van der Waals surface area (Å²) < 4.78 is 65.4. The van der Waals surface area contributed by atoms with Gasteiger partial charge in [-0.25, -0.2) is 4.39 Å². The van der Waals surface area contributed by atoms with Gasteiger partial charge in [0.2, 0.25) is 0 Å². The monoisotopic (exact) mass is 325 g/mol. The first-order chi connectivity index (χ1) is 9.49. The smallest absolute Gasteiger partial charge is 0.419 e. The highest BCUT2D eigenvalue weighted by Crippen LogP contribution is 2.32. The van der Waals surface area contributed by atoms with Crippen molar-refractivity contribution < 1.29 is 22.1 Å². The Kier molecular flexibility index (Phi) is 5.69. The van der Waals surface area contributed by atoms with E-state index in [2.05, 4.69) is 4.72 Å². The minimum atomic E-state index is -4.72. The number of rotatable bonds is 5. The topological polar surface area (TPSA) is 35.1 Å². The van der Waals surface area contributed by atoms with Crippen LogP contribution in [0.2, 0.25) is 0 Å². The van der Waals surface area contributed by atoms with E-state index in [1.165, 1.54) is 6.07 Å². The van der Waals surface area contributed by atoms with Crippen LogP contribution >= 0.6 is 0 Å². The summed E-state index contributed by atoms with van der Waals surface area (Å²) in [6.45, 7) is 7.15. The van der Waals surface area contributed by atoms with Crippen LogP contribution in [0.1, 0.15) is 51.3 Å². The van der Waals surface area contributed by atoms with E-state index in [9.17, 15) is 22.1 Å². The van der Waals surface area contributed by atoms with Crippen LogP contribution in [-0.4, -0.2) is 9.30 Å². The Hall–Kier alpha value is -0.790. The number of alkyl halides is 3. The number of halogens is 4. The van der Waals surface area contributed by atoms with Crippen LogP contribution in [0.4, 0.5) is 17.6 Å². The molecule has 0 heterocycles. The van der Waals surface area contributed by atoms with E-state index in [1.807, 2.05) is 20.8 Å². The Morgan fingerprint density at radius 3 is 2.29 bits per heavy atom. The van der Waals surface area contributed by atoms with Crippen LogP contribution < -0.4 is 4.72 Å². The fourth-order valence-electron chi connectivity index (χ4n) is 1.55. The zero-order valence-corrected chi connectivity index (χ0v) is 13.2. The molecule has 0 radical (unpaired) electrons. The maximum absolute atomic E-state index is 13.5. The Morgan fingerprint density at radius 1 is 1.29 bits per heavy atom. The van der Waals surface area contributed by atoms with Gasteiger partial charge in [0, 0.05) is 11.4 Å². The fraction of sp³-hybridized carbons (Fsp3) is 0.571. The van der Waals surface area contributed by atoms with Crippen molar-refractivity contribution in [3.8, 4) is 0 Å². The molecule has 2 atom stereocenters. The molecule has 0 bridgehead atoms. The first-order valence-corrected chi connectivity index (χ1v) is 7.68. The average molecular weight is 325 g/mol. The van der Waals surface area contributed by atoms with Crippen LogP contribution in [0.15, 0.2) is 18.2 Å². The van der Waals surface area contributed by atoms with Gasteiger partial charge in [-0.15, -0.1) is 4.72 Å². The molecule has 0 aliphatic heterocycles. The first kappa shape index (κ1) is 18.3. The van der Waals surface area contributed by atoms with Gasteiger partial charge in [0.25, 0.3) is 0 Å². The molecule has 7 heteroatoms. The summed E-state index contributed by atoms with van der Waals surface area (Å²) in [4.78, 5) is 0. The van der Waals surface area contributed by atoms with Crippen molar-refractivity contribution in [1.29, 1.82) is 0 Å². The van der Waals surface area contributed by atoms with E-state index < -0.39 is 39.7 Å². The highest BCUT2D eigenvalue weighted by molar-refractivity contribution is 7.90.